The number of nitrogens with one attached hydrogen (secondary N) is 2. The van der Waals surface area contributed by atoms with E-state index in [9.17, 15) is 4.79 Å². The highest BCUT2D eigenvalue weighted by atomic mass is 16.6. The fraction of sp³-hybridized carbons (Fsp3) is 0.765. The minimum absolute atomic E-state index is 0.224. The minimum atomic E-state index is -0.479. The normalized spacial score (nSPS) is 15.9. The van der Waals surface area contributed by atoms with Gasteiger partial charge in [-0.15, -0.1) is 0 Å². The Hall–Kier alpha value is -1.76. The summed E-state index contributed by atoms with van der Waals surface area (Å²) in [6, 6.07) is 0.224. The molecule has 1 unspecified atom stereocenters. The Morgan fingerprint density at radius 3 is 2.62 bits per heavy atom. The molecule has 1 atom stereocenters. The number of carbonyl (C=O) groups excluding carboxylic acids is 1. The summed E-state index contributed by atoms with van der Waals surface area (Å²) >= 11 is 0. The summed E-state index contributed by atoms with van der Waals surface area (Å²) in [4.78, 5) is 11.8. The first kappa shape index (κ1) is 18.6. The van der Waals surface area contributed by atoms with E-state index in [2.05, 4.69) is 15.7 Å². The Labute approximate surface area is 144 Å². The molecule has 1 fully saturated rings. The summed E-state index contributed by atoms with van der Waals surface area (Å²) < 4.78 is 12.5. The van der Waals surface area contributed by atoms with Crippen molar-refractivity contribution in [2.24, 2.45) is 13.0 Å². The van der Waals surface area contributed by atoms with E-state index in [-0.39, 0.29) is 12.1 Å². The zero-order valence-corrected chi connectivity index (χ0v) is 15.6. The largest absolute Gasteiger partial charge is 0.481 e. The van der Waals surface area contributed by atoms with Crippen molar-refractivity contribution in [3.05, 3.63) is 11.3 Å². The lowest BCUT2D eigenvalue weighted by molar-refractivity contribution is 0.0521. The average molecular weight is 338 g/mol. The molecule has 1 amide bonds. The van der Waals surface area contributed by atoms with Gasteiger partial charge in [-0.2, -0.15) is 5.10 Å². The number of alkyl carbamates (subject to hydrolysis) is 1. The summed E-state index contributed by atoms with van der Waals surface area (Å²) in [5, 5.41) is 10.8. The highest BCUT2D eigenvalue weighted by Gasteiger charge is 2.32. The molecule has 7 nitrogen and oxygen atoms in total. The smallest absolute Gasteiger partial charge is 0.407 e. The second-order valence-electron chi connectivity index (χ2n) is 7.40. The van der Waals surface area contributed by atoms with Crippen molar-refractivity contribution >= 4 is 6.09 Å². The summed E-state index contributed by atoms with van der Waals surface area (Å²) in [5.74, 6) is 1.37. The third kappa shape index (κ3) is 5.12. The number of hydrogen-bond donors (Lipinski definition) is 2. The zero-order valence-electron chi connectivity index (χ0n) is 15.6. The predicted molar refractivity (Wildman–Crippen MR) is 92.1 cm³/mol. The van der Waals surface area contributed by atoms with Gasteiger partial charge < -0.3 is 20.1 Å². The number of aromatic nitrogens is 2. The maximum atomic E-state index is 11.8. The highest BCUT2D eigenvalue weighted by Crippen LogP contribution is 2.33. The molecule has 7 heteroatoms. The van der Waals surface area contributed by atoms with Crippen LogP contribution in [0.1, 0.15) is 44.9 Å². The molecule has 0 saturated heterocycles. The third-order valence-electron chi connectivity index (χ3n) is 4.08. The van der Waals surface area contributed by atoms with Crippen molar-refractivity contribution in [3.8, 4) is 5.88 Å². The first-order valence-corrected chi connectivity index (χ1v) is 8.48. The van der Waals surface area contributed by atoms with Gasteiger partial charge in [0.25, 0.3) is 0 Å². The van der Waals surface area contributed by atoms with Crippen molar-refractivity contribution < 1.29 is 14.3 Å². The van der Waals surface area contributed by atoms with Crippen LogP contribution in [-0.4, -0.2) is 41.2 Å². The molecular formula is C17H30N4O3. The van der Waals surface area contributed by atoms with Gasteiger partial charge in [0, 0.05) is 26.2 Å². The third-order valence-corrected chi connectivity index (χ3v) is 4.08. The number of amides is 1. The van der Waals surface area contributed by atoms with Gasteiger partial charge in [0.1, 0.15) is 5.60 Å². The summed E-state index contributed by atoms with van der Waals surface area (Å²) in [6.45, 7) is 8.79. The Morgan fingerprint density at radius 1 is 1.42 bits per heavy atom. The second-order valence-corrected chi connectivity index (χ2v) is 7.40. The van der Waals surface area contributed by atoms with Crippen molar-refractivity contribution in [1.29, 1.82) is 0 Å². The van der Waals surface area contributed by atoms with Crippen LogP contribution in [0.15, 0.2) is 0 Å². The Bertz CT molecular complexity index is 573. The lowest BCUT2D eigenvalue weighted by Crippen LogP contribution is -2.43. The highest BCUT2D eigenvalue weighted by molar-refractivity contribution is 5.67. The quantitative estimate of drug-likeness (QED) is 0.796. The molecule has 1 heterocycles. The van der Waals surface area contributed by atoms with Crippen LogP contribution < -0.4 is 15.4 Å². The lowest BCUT2D eigenvalue weighted by atomic mass is 10.1. The van der Waals surface area contributed by atoms with Crippen LogP contribution in [0, 0.1) is 12.8 Å². The van der Waals surface area contributed by atoms with E-state index in [1.165, 1.54) is 12.8 Å². The van der Waals surface area contributed by atoms with Gasteiger partial charge in [-0.3, -0.25) is 0 Å². The molecule has 1 aromatic rings. The number of carbonyl (C=O) groups is 1. The first-order chi connectivity index (χ1) is 11.2. The van der Waals surface area contributed by atoms with Gasteiger partial charge in [-0.1, -0.05) is 0 Å². The van der Waals surface area contributed by atoms with Crippen LogP contribution in [-0.2, 0) is 18.3 Å². The van der Waals surface area contributed by atoms with E-state index < -0.39 is 5.60 Å². The van der Waals surface area contributed by atoms with E-state index in [0.29, 0.717) is 19.0 Å². The molecule has 2 N–H and O–H groups in total. The van der Waals surface area contributed by atoms with Crippen molar-refractivity contribution in [3.63, 3.8) is 0 Å². The van der Waals surface area contributed by atoms with Crippen LogP contribution in [0.4, 0.5) is 4.79 Å². The molecule has 0 aromatic carbocycles. The van der Waals surface area contributed by atoms with Gasteiger partial charge >= 0.3 is 6.09 Å². The fourth-order valence-electron chi connectivity index (χ4n) is 2.78. The molecule has 24 heavy (non-hydrogen) atoms. The Kier molecular flexibility index (Phi) is 5.74. The molecule has 1 aliphatic carbocycles. The molecular weight excluding hydrogens is 308 g/mol. The second kappa shape index (κ2) is 7.42. The van der Waals surface area contributed by atoms with Gasteiger partial charge in [0.15, 0.2) is 0 Å². The SMILES string of the molecule is COc1c(CNC(CNC(=O)OC(C)(C)C)C2CC2)c(C)nn1C. The summed E-state index contributed by atoms with van der Waals surface area (Å²) in [7, 11) is 3.53. The number of aryl methyl sites for hydroxylation is 2. The van der Waals surface area contributed by atoms with Crippen molar-refractivity contribution in [2.45, 2.75) is 58.7 Å². The first-order valence-electron chi connectivity index (χ1n) is 8.48. The molecule has 0 aliphatic heterocycles. The maximum Gasteiger partial charge on any atom is 0.407 e. The Balaban J connectivity index is 1.90. The monoisotopic (exact) mass is 338 g/mol. The molecule has 1 saturated carbocycles. The number of nitrogens with zero attached hydrogens (tertiary/aromatic N) is 2. The number of rotatable bonds is 7. The predicted octanol–water partition coefficient (Wildman–Crippen LogP) is 2.13. The summed E-state index contributed by atoms with van der Waals surface area (Å²) in [6.07, 6.45) is 2.01. The van der Waals surface area contributed by atoms with Gasteiger partial charge in [0.05, 0.1) is 18.4 Å². The van der Waals surface area contributed by atoms with E-state index in [1.54, 1.807) is 11.8 Å². The molecule has 136 valence electrons. The number of hydrogen-bond acceptors (Lipinski definition) is 5. The fourth-order valence-corrected chi connectivity index (χ4v) is 2.78. The van der Waals surface area contributed by atoms with E-state index >= 15 is 0 Å². The van der Waals surface area contributed by atoms with Crippen LogP contribution in [0.2, 0.25) is 0 Å². The number of methoxy groups -OCH3 is 1. The van der Waals surface area contributed by atoms with Gasteiger partial charge in [-0.05, 0) is 46.5 Å². The van der Waals surface area contributed by atoms with Crippen LogP contribution >= 0.6 is 0 Å². The zero-order chi connectivity index (χ0) is 17.9. The van der Waals surface area contributed by atoms with Crippen LogP contribution in [0.25, 0.3) is 0 Å². The van der Waals surface area contributed by atoms with E-state index in [4.69, 9.17) is 9.47 Å². The minimum Gasteiger partial charge on any atom is -0.481 e. The van der Waals surface area contributed by atoms with Gasteiger partial charge in [0.2, 0.25) is 5.88 Å². The molecule has 0 bridgehead atoms. The molecule has 1 aliphatic rings. The van der Waals surface area contributed by atoms with Crippen molar-refractivity contribution in [2.75, 3.05) is 13.7 Å². The Morgan fingerprint density at radius 2 is 2.08 bits per heavy atom. The number of ether oxygens (including phenoxy) is 2. The molecule has 0 radical (unpaired) electrons. The maximum absolute atomic E-state index is 11.8. The summed E-state index contributed by atoms with van der Waals surface area (Å²) in [5.41, 5.74) is 1.53. The van der Waals surface area contributed by atoms with E-state index in [1.807, 2.05) is 34.7 Å². The average Bonchev–Trinajstić information content (AvgIpc) is 3.24. The van der Waals surface area contributed by atoms with Gasteiger partial charge in [-0.25, -0.2) is 9.48 Å². The molecule has 2 rings (SSSR count). The van der Waals surface area contributed by atoms with Crippen LogP contribution in [0.5, 0.6) is 5.88 Å². The van der Waals surface area contributed by atoms with E-state index in [0.717, 1.165) is 17.1 Å². The van der Waals surface area contributed by atoms with Crippen molar-refractivity contribution in [1.82, 2.24) is 20.4 Å². The molecule has 0 spiro atoms. The lowest BCUT2D eigenvalue weighted by Gasteiger charge is -2.22. The van der Waals surface area contributed by atoms with Crippen LogP contribution in [0.3, 0.4) is 0 Å². The molecule has 1 aromatic heterocycles. The topological polar surface area (TPSA) is 77.4 Å². The standard InChI is InChI=1S/C17H30N4O3/c1-11-13(15(23-6)21(5)20-11)9-18-14(12-7-8-12)10-19-16(22)24-17(2,3)4/h12,14,18H,7-10H2,1-6H3,(H,19,22).